The number of hydrogen-bond donors (Lipinski definition) is 2. The molecule has 0 atom stereocenters. The van der Waals surface area contributed by atoms with Crippen molar-refractivity contribution in [1.29, 1.82) is 0 Å². The van der Waals surface area contributed by atoms with Crippen LogP contribution in [0.5, 0.6) is 0 Å². The number of rotatable bonds is 3. The van der Waals surface area contributed by atoms with Crippen molar-refractivity contribution < 1.29 is 9.59 Å². The van der Waals surface area contributed by atoms with Gasteiger partial charge in [-0.05, 0) is 13.3 Å². The summed E-state index contributed by atoms with van der Waals surface area (Å²) in [6, 6.07) is 0. The first-order valence-corrected chi connectivity index (χ1v) is 3.05. The summed E-state index contributed by atoms with van der Waals surface area (Å²) in [4.78, 5) is 21.2. The van der Waals surface area contributed by atoms with E-state index in [4.69, 9.17) is 11.5 Å². The average Bonchev–Trinajstić information content (AvgIpc) is 1.85. The molecule has 0 heterocycles. The van der Waals surface area contributed by atoms with E-state index in [0.717, 1.165) is 0 Å². The molecule has 0 aromatic carbocycles. The molecule has 58 valence electrons. The van der Waals surface area contributed by atoms with Gasteiger partial charge in [0.15, 0.2) is 0 Å². The maximum atomic E-state index is 10.6. The molecule has 0 unspecified atom stereocenters. The minimum Gasteiger partial charge on any atom is -0.369 e. The Hall–Kier alpha value is -1.06. The molecule has 0 aromatic rings. The number of carbonyl (C=O) groups is 2. The SMILES string of the molecule is CCC(C)(C(N)=O)C(N)=O. The molecule has 0 aromatic heterocycles. The van der Waals surface area contributed by atoms with Crippen molar-refractivity contribution in [2.24, 2.45) is 16.9 Å². The summed E-state index contributed by atoms with van der Waals surface area (Å²) in [5.41, 5.74) is 8.70. The first kappa shape index (κ1) is 8.94. The monoisotopic (exact) mass is 144 g/mol. The molecular formula is C6H12N2O2. The second-order valence-corrected chi connectivity index (χ2v) is 2.41. The predicted octanol–water partition coefficient (Wildman–Crippen LogP) is -0.627. The summed E-state index contributed by atoms with van der Waals surface area (Å²) in [6.07, 6.45) is 0.345. The average molecular weight is 144 g/mol. The van der Waals surface area contributed by atoms with Gasteiger partial charge in [-0.15, -0.1) is 0 Å². The van der Waals surface area contributed by atoms with Crippen LogP contribution in [0.2, 0.25) is 0 Å². The van der Waals surface area contributed by atoms with Gasteiger partial charge in [-0.3, -0.25) is 9.59 Å². The highest BCUT2D eigenvalue weighted by Crippen LogP contribution is 2.18. The minimum absolute atomic E-state index is 0.345. The van der Waals surface area contributed by atoms with Crippen molar-refractivity contribution >= 4 is 11.8 Å². The van der Waals surface area contributed by atoms with Crippen molar-refractivity contribution in [3.8, 4) is 0 Å². The van der Waals surface area contributed by atoms with Gasteiger partial charge in [0, 0.05) is 0 Å². The largest absolute Gasteiger partial charge is 0.369 e. The quantitative estimate of drug-likeness (QED) is 0.517. The van der Waals surface area contributed by atoms with E-state index < -0.39 is 17.2 Å². The van der Waals surface area contributed by atoms with Crippen LogP contribution < -0.4 is 11.5 Å². The van der Waals surface area contributed by atoms with Crippen LogP contribution >= 0.6 is 0 Å². The van der Waals surface area contributed by atoms with E-state index in [1.165, 1.54) is 6.92 Å². The Labute approximate surface area is 59.6 Å². The first-order chi connectivity index (χ1) is 4.45. The second-order valence-electron chi connectivity index (χ2n) is 2.41. The molecule has 10 heavy (non-hydrogen) atoms. The van der Waals surface area contributed by atoms with Crippen molar-refractivity contribution in [3.63, 3.8) is 0 Å². The molecule has 0 aliphatic rings. The Bertz CT molecular complexity index is 151. The van der Waals surface area contributed by atoms with E-state index in [9.17, 15) is 9.59 Å². The van der Waals surface area contributed by atoms with E-state index in [2.05, 4.69) is 0 Å². The normalized spacial score (nSPS) is 11.0. The summed E-state index contributed by atoms with van der Waals surface area (Å²) in [5, 5.41) is 0. The molecule has 0 bridgehead atoms. The van der Waals surface area contributed by atoms with E-state index >= 15 is 0 Å². The maximum Gasteiger partial charge on any atom is 0.232 e. The molecular weight excluding hydrogens is 132 g/mol. The highest BCUT2D eigenvalue weighted by molar-refractivity contribution is 6.03. The number of amides is 2. The lowest BCUT2D eigenvalue weighted by atomic mass is 9.86. The second kappa shape index (κ2) is 2.68. The zero-order valence-electron chi connectivity index (χ0n) is 6.18. The smallest absolute Gasteiger partial charge is 0.232 e. The van der Waals surface area contributed by atoms with Crippen LogP contribution in [0.1, 0.15) is 20.3 Å². The number of nitrogens with two attached hydrogens (primary N) is 2. The summed E-state index contributed by atoms with van der Waals surface area (Å²) >= 11 is 0. The van der Waals surface area contributed by atoms with E-state index in [1.807, 2.05) is 0 Å². The molecule has 0 spiro atoms. The summed E-state index contributed by atoms with van der Waals surface area (Å²) in [6.45, 7) is 3.13. The van der Waals surface area contributed by atoms with Gasteiger partial charge in [-0.2, -0.15) is 0 Å². The summed E-state index contributed by atoms with van der Waals surface area (Å²) in [5.74, 6) is -1.33. The topological polar surface area (TPSA) is 86.2 Å². The zero-order chi connectivity index (χ0) is 8.36. The molecule has 0 aliphatic heterocycles. The van der Waals surface area contributed by atoms with E-state index in [0.29, 0.717) is 6.42 Å². The third-order valence-electron chi connectivity index (χ3n) is 1.79. The molecule has 4 N–H and O–H groups in total. The van der Waals surface area contributed by atoms with Gasteiger partial charge in [0.05, 0.1) is 0 Å². The zero-order valence-corrected chi connectivity index (χ0v) is 6.18. The molecule has 0 radical (unpaired) electrons. The standard InChI is InChI=1S/C6H12N2O2/c1-3-6(2,4(7)9)5(8)10/h3H2,1-2H3,(H2,7,9)(H2,8,10). The Morgan fingerprint density at radius 2 is 1.60 bits per heavy atom. The van der Waals surface area contributed by atoms with Crippen LogP contribution in [0, 0.1) is 5.41 Å². The molecule has 0 rings (SSSR count). The van der Waals surface area contributed by atoms with Gasteiger partial charge in [-0.1, -0.05) is 6.92 Å². The molecule has 0 saturated heterocycles. The van der Waals surface area contributed by atoms with Gasteiger partial charge in [0.2, 0.25) is 11.8 Å². The summed E-state index contributed by atoms with van der Waals surface area (Å²) in [7, 11) is 0. The van der Waals surface area contributed by atoms with Gasteiger partial charge < -0.3 is 11.5 Å². The molecule has 4 nitrogen and oxygen atoms in total. The molecule has 2 amide bonds. The lowest BCUT2D eigenvalue weighted by Gasteiger charge is -2.18. The minimum atomic E-state index is -1.18. The first-order valence-electron chi connectivity index (χ1n) is 3.05. The number of hydrogen-bond acceptors (Lipinski definition) is 2. The van der Waals surface area contributed by atoms with E-state index in [-0.39, 0.29) is 0 Å². The highest BCUT2D eigenvalue weighted by Gasteiger charge is 2.35. The molecule has 0 aliphatic carbocycles. The third kappa shape index (κ3) is 1.26. The highest BCUT2D eigenvalue weighted by atomic mass is 16.2. The number of primary amides is 2. The maximum absolute atomic E-state index is 10.6. The van der Waals surface area contributed by atoms with Crippen molar-refractivity contribution in [1.82, 2.24) is 0 Å². The van der Waals surface area contributed by atoms with Crippen LogP contribution in [-0.4, -0.2) is 11.8 Å². The lowest BCUT2D eigenvalue weighted by Crippen LogP contribution is -2.44. The van der Waals surface area contributed by atoms with Crippen LogP contribution in [0.25, 0.3) is 0 Å². The fraction of sp³-hybridized carbons (Fsp3) is 0.667. The van der Waals surface area contributed by atoms with Crippen molar-refractivity contribution in [2.45, 2.75) is 20.3 Å². The van der Waals surface area contributed by atoms with Gasteiger partial charge >= 0.3 is 0 Å². The number of carbonyl (C=O) groups excluding carboxylic acids is 2. The van der Waals surface area contributed by atoms with Crippen LogP contribution in [-0.2, 0) is 9.59 Å². The fourth-order valence-corrected chi connectivity index (χ4v) is 0.470. The van der Waals surface area contributed by atoms with Gasteiger partial charge in [-0.25, -0.2) is 0 Å². The Morgan fingerprint density at radius 1 is 1.30 bits per heavy atom. The van der Waals surface area contributed by atoms with Crippen molar-refractivity contribution in [2.75, 3.05) is 0 Å². The fourth-order valence-electron chi connectivity index (χ4n) is 0.470. The Kier molecular flexibility index (Phi) is 2.40. The predicted molar refractivity (Wildman–Crippen MR) is 36.8 cm³/mol. The van der Waals surface area contributed by atoms with Crippen LogP contribution in [0.4, 0.5) is 0 Å². The van der Waals surface area contributed by atoms with Crippen LogP contribution in [0.15, 0.2) is 0 Å². The summed E-state index contributed by atoms with van der Waals surface area (Å²) < 4.78 is 0. The van der Waals surface area contributed by atoms with E-state index in [1.54, 1.807) is 6.92 Å². The molecule has 4 heteroatoms. The van der Waals surface area contributed by atoms with Crippen molar-refractivity contribution in [3.05, 3.63) is 0 Å². The van der Waals surface area contributed by atoms with Gasteiger partial charge in [0.1, 0.15) is 5.41 Å². The molecule has 0 saturated carbocycles. The Morgan fingerprint density at radius 3 is 1.60 bits per heavy atom. The van der Waals surface area contributed by atoms with Crippen LogP contribution in [0.3, 0.4) is 0 Å². The third-order valence-corrected chi connectivity index (χ3v) is 1.79. The Balaban J connectivity index is 4.55. The molecule has 0 fully saturated rings. The van der Waals surface area contributed by atoms with Gasteiger partial charge in [0.25, 0.3) is 0 Å². The lowest BCUT2D eigenvalue weighted by molar-refractivity contribution is -0.138.